The quantitative estimate of drug-likeness (QED) is 0.0261. The molecule has 0 saturated heterocycles. The summed E-state index contributed by atoms with van der Waals surface area (Å²) in [7, 11) is 0. The second-order valence-electron chi connectivity index (χ2n) is 19.8. The fraction of sp³-hybridized carbons (Fsp3) is 0.548. The molecule has 0 N–H and O–H groups in total. The zero-order valence-electron chi connectivity index (χ0n) is 50.3. The summed E-state index contributed by atoms with van der Waals surface area (Å²) in [5.74, 6) is -1.06. The minimum absolute atomic E-state index is 0.131. The van der Waals surface area contributed by atoms with Crippen LogP contribution in [0.15, 0.2) is 182 Å². The van der Waals surface area contributed by atoms with Crippen LogP contribution in [-0.4, -0.2) is 37.2 Å². The van der Waals surface area contributed by atoms with Crippen LogP contribution in [0.1, 0.15) is 239 Å². The summed E-state index contributed by atoms with van der Waals surface area (Å²) in [6, 6.07) is 0. The van der Waals surface area contributed by atoms with Gasteiger partial charge in [0.2, 0.25) is 0 Å². The molecule has 1 atom stereocenters. The smallest absolute Gasteiger partial charge is 0.306 e. The van der Waals surface area contributed by atoms with Gasteiger partial charge >= 0.3 is 17.9 Å². The summed E-state index contributed by atoms with van der Waals surface area (Å²) in [6.07, 6.45) is 97.5. The van der Waals surface area contributed by atoms with E-state index >= 15 is 0 Å². The third-order valence-corrected chi connectivity index (χ3v) is 12.4. The Morgan fingerprint density at radius 1 is 0.266 bits per heavy atom. The van der Waals surface area contributed by atoms with Crippen molar-refractivity contribution in [3.05, 3.63) is 182 Å². The SMILES string of the molecule is CC/C=C\C/C=C\C/C=C\C/C=C\C/C=C\C/C=C\C/C=C\CCCCCCCC(=O)OCC(COC(=O)CCCCCCC/C=C\C/C=C\CCCCC)OC(=O)CC/C=C\C/C=C\C/C=C\C/C=C\C/C=C\C/C=C\CC. The number of hydrogen-bond acceptors (Lipinski definition) is 6. The number of carbonyl (C=O) groups excluding carboxylic acids is 3. The molecule has 0 aromatic carbocycles. The van der Waals surface area contributed by atoms with Gasteiger partial charge in [-0.05, 0) is 148 Å². The molecule has 0 spiro atoms. The van der Waals surface area contributed by atoms with Gasteiger partial charge in [0.15, 0.2) is 6.10 Å². The summed E-state index contributed by atoms with van der Waals surface area (Å²) in [5.41, 5.74) is 0. The van der Waals surface area contributed by atoms with Crippen molar-refractivity contribution in [2.24, 2.45) is 0 Å². The number of ether oxygens (including phenoxy) is 3. The Bertz CT molecular complexity index is 1870. The van der Waals surface area contributed by atoms with Gasteiger partial charge in [0, 0.05) is 19.3 Å². The van der Waals surface area contributed by atoms with Gasteiger partial charge in [-0.1, -0.05) is 254 Å². The molecule has 79 heavy (non-hydrogen) atoms. The molecule has 0 amide bonds. The van der Waals surface area contributed by atoms with E-state index in [1.54, 1.807) is 0 Å². The van der Waals surface area contributed by atoms with Gasteiger partial charge in [-0.3, -0.25) is 14.4 Å². The molecular weight excluding hydrogens is 973 g/mol. The molecule has 6 heteroatoms. The van der Waals surface area contributed by atoms with Crippen molar-refractivity contribution < 1.29 is 28.6 Å². The maximum absolute atomic E-state index is 12.9. The van der Waals surface area contributed by atoms with Crippen molar-refractivity contribution in [2.45, 2.75) is 245 Å². The Kier molecular flexibility index (Phi) is 60.5. The number of unbranched alkanes of at least 4 members (excludes halogenated alkanes) is 13. The molecule has 1 unspecified atom stereocenters. The molecule has 0 fully saturated rings. The maximum Gasteiger partial charge on any atom is 0.306 e. The normalized spacial score (nSPS) is 13.4. The van der Waals surface area contributed by atoms with E-state index in [0.29, 0.717) is 19.3 Å². The van der Waals surface area contributed by atoms with Crippen molar-refractivity contribution in [3.63, 3.8) is 0 Å². The first-order chi connectivity index (χ1) is 39.0. The molecule has 0 aromatic rings. The monoisotopic (exact) mass is 1080 g/mol. The van der Waals surface area contributed by atoms with Crippen molar-refractivity contribution in [1.82, 2.24) is 0 Å². The largest absolute Gasteiger partial charge is 0.462 e. The van der Waals surface area contributed by atoms with Gasteiger partial charge < -0.3 is 14.2 Å². The number of hydrogen-bond donors (Lipinski definition) is 0. The summed E-state index contributed by atoms with van der Waals surface area (Å²) < 4.78 is 16.8. The zero-order chi connectivity index (χ0) is 57.1. The molecule has 0 saturated carbocycles. The number of rotatable bonds is 54. The molecular formula is C73H112O6. The van der Waals surface area contributed by atoms with Gasteiger partial charge in [0.05, 0.1) is 0 Å². The molecule has 0 aliphatic carbocycles. The lowest BCUT2D eigenvalue weighted by molar-refractivity contribution is -0.166. The highest BCUT2D eigenvalue weighted by Crippen LogP contribution is 2.12. The average molecular weight is 1090 g/mol. The highest BCUT2D eigenvalue weighted by atomic mass is 16.6. The van der Waals surface area contributed by atoms with E-state index in [9.17, 15) is 14.4 Å². The Morgan fingerprint density at radius 2 is 0.519 bits per heavy atom. The lowest BCUT2D eigenvalue weighted by atomic mass is 10.1. The van der Waals surface area contributed by atoms with Crippen molar-refractivity contribution in [2.75, 3.05) is 13.2 Å². The number of carbonyl (C=O) groups is 3. The van der Waals surface area contributed by atoms with Gasteiger partial charge in [-0.15, -0.1) is 0 Å². The first-order valence-electron chi connectivity index (χ1n) is 31.3. The molecule has 0 aliphatic heterocycles. The fourth-order valence-corrected chi connectivity index (χ4v) is 7.77. The standard InChI is InChI=1S/C73H112O6/c1-4-7-10-13-16-19-22-25-28-30-32-33-34-35-36-37-38-39-41-42-45-48-51-54-57-60-63-66-72(75)78-69-70(68-77-71(74)65-62-59-56-53-50-47-44-27-24-21-18-15-12-9-6-3)79-73(76)67-64-61-58-55-52-49-46-43-40-31-29-26-23-20-17-14-11-8-5-2/h7-8,10-11,16-21,25-29,32-33,35-36,38-40,42-45,49,52,58,61,70H,4-6,9,12-15,22-24,30-31,34,37,41,46-48,50-51,53-57,59-60,62-69H2,1-3H3/b10-7-,11-8-,19-16-,20-17-,21-18-,28-25-,29-26-,33-32-,36-35-,39-38-,43-40-,44-27-,45-42-,52-49-,61-58-. The van der Waals surface area contributed by atoms with Gasteiger partial charge in [-0.2, -0.15) is 0 Å². The van der Waals surface area contributed by atoms with E-state index in [-0.39, 0.29) is 31.6 Å². The molecule has 0 rings (SSSR count). The summed E-state index contributed by atoms with van der Waals surface area (Å²) in [6.45, 7) is 6.28. The van der Waals surface area contributed by atoms with E-state index in [2.05, 4.69) is 191 Å². The van der Waals surface area contributed by atoms with E-state index in [0.717, 1.165) is 167 Å². The van der Waals surface area contributed by atoms with Crippen molar-refractivity contribution in [3.8, 4) is 0 Å². The van der Waals surface area contributed by atoms with Crippen LogP contribution in [0.2, 0.25) is 0 Å². The first kappa shape index (κ1) is 73.5. The second kappa shape index (κ2) is 65.0. The van der Waals surface area contributed by atoms with Gasteiger partial charge in [0.25, 0.3) is 0 Å². The lowest BCUT2D eigenvalue weighted by Gasteiger charge is -2.18. The van der Waals surface area contributed by atoms with Gasteiger partial charge in [-0.25, -0.2) is 0 Å². The first-order valence-corrected chi connectivity index (χ1v) is 31.3. The molecule has 0 radical (unpaired) electrons. The summed E-state index contributed by atoms with van der Waals surface area (Å²) in [5, 5.41) is 0. The average Bonchev–Trinajstić information content (AvgIpc) is 3.45. The van der Waals surface area contributed by atoms with Crippen LogP contribution in [0.25, 0.3) is 0 Å². The van der Waals surface area contributed by atoms with Crippen LogP contribution >= 0.6 is 0 Å². The van der Waals surface area contributed by atoms with Crippen LogP contribution in [-0.2, 0) is 28.6 Å². The van der Waals surface area contributed by atoms with E-state index in [1.807, 2.05) is 12.2 Å². The Balaban J connectivity index is 4.55. The van der Waals surface area contributed by atoms with E-state index < -0.39 is 12.1 Å². The molecule has 0 aliphatic rings. The molecule has 0 heterocycles. The summed E-state index contributed by atoms with van der Waals surface area (Å²) >= 11 is 0. The predicted molar refractivity (Wildman–Crippen MR) is 343 cm³/mol. The molecule has 6 nitrogen and oxygen atoms in total. The van der Waals surface area contributed by atoms with Gasteiger partial charge in [0.1, 0.15) is 13.2 Å². The lowest BCUT2D eigenvalue weighted by Crippen LogP contribution is -2.30. The van der Waals surface area contributed by atoms with E-state index in [1.165, 1.54) is 25.7 Å². The van der Waals surface area contributed by atoms with Crippen molar-refractivity contribution in [1.29, 1.82) is 0 Å². The van der Waals surface area contributed by atoms with Crippen LogP contribution in [0.4, 0.5) is 0 Å². The molecule has 0 aromatic heterocycles. The highest BCUT2D eigenvalue weighted by molar-refractivity contribution is 5.71. The Labute approximate surface area is 484 Å². The van der Waals surface area contributed by atoms with Crippen LogP contribution < -0.4 is 0 Å². The Morgan fingerprint density at radius 3 is 0.823 bits per heavy atom. The van der Waals surface area contributed by atoms with Crippen LogP contribution in [0.5, 0.6) is 0 Å². The van der Waals surface area contributed by atoms with Crippen molar-refractivity contribution >= 4 is 17.9 Å². The third kappa shape index (κ3) is 63.2. The zero-order valence-corrected chi connectivity index (χ0v) is 50.3. The Hall–Kier alpha value is -5.49. The molecule has 0 bridgehead atoms. The second-order valence-corrected chi connectivity index (χ2v) is 19.8. The number of allylic oxidation sites excluding steroid dienone is 30. The number of esters is 3. The van der Waals surface area contributed by atoms with Crippen LogP contribution in [0, 0.1) is 0 Å². The minimum atomic E-state index is -0.845. The highest BCUT2D eigenvalue weighted by Gasteiger charge is 2.19. The molecule has 440 valence electrons. The fourth-order valence-electron chi connectivity index (χ4n) is 7.77. The topological polar surface area (TPSA) is 78.9 Å². The van der Waals surface area contributed by atoms with Crippen LogP contribution in [0.3, 0.4) is 0 Å². The maximum atomic E-state index is 12.9. The predicted octanol–water partition coefficient (Wildman–Crippen LogP) is 21.7. The van der Waals surface area contributed by atoms with E-state index in [4.69, 9.17) is 14.2 Å². The summed E-state index contributed by atoms with van der Waals surface area (Å²) in [4.78, 5) is 38.3. The third-order valence-electron chi connectivity index (χ3n) is 12.4. The minimum Gasteiger partial charge on any atom is -0.462 e.